The lowest BCUT2D eigenvalue weighted by molar-refractivity contribution is 0.0810. The third-order valence-corrected chi connectivity index (χ3v) is 2.85. The number of carbonyl (C=O) groups excluding carboxylic acids is 1. The van der Waals surface area contributed by atoms with Crippen molar-refractivity contribution < 1.29 is 4.79 Å². The summed E-state index contributed by atoms with van der Waals surface area (Å²) in [6, 6.07) is 0. The van der Waals surface area contributed by atoms with Gasteiger partial charge in [0.15, 0.2) is 5.78 Å². The van der Waals surface area contributed by atoms with Crippen molar-refractivity contribution in [3.05, 3.63) is 17.0 Å². The third kappa shape index (κ3) is 1.96. The Morgan fingerprint density at radius 1 is 1.33 bits per heavy atom. The van der Waals surface area contributed by atoms with Gasteiger partial charge in [-0.15, -0.1) is 0 Å². The second-order valence-corrected chi connectivity index (χ2v) is 4.38. The maximum atomic E-state index is 12.0. The van der Waals surface area contributed by atoms with Gasteiger partial charge in [0.2, 0.25) is 0 Å². The standard InChI is InChI=1S/C10H14N2O.C2H6/c1-6-8-7(12-11-6)4-5-10(2,3)9(8)13;1-2/h4-5H2,1-3H3,(H,11,12);1-2H3. The fraction of sp³-hybridized carbons (Fsp3) is 0.667. The van der Waals surface area contributed by atoms with Crippen LogP contribution in [0.2, 0.25) is 0 Å². The van der Waals surface area contributed by atoms with E-state index in [1.165, 1.54) is 0 Å². The molecule has 1 aliphatic carbocycles. The number of ketones is 1. The molecule has 0 unspecified atom stereocenters. The summed E-state index contributed by atoms with van der Waals surface area (Å²) in [6.45, 7) is 9.92. The fourth-order valence-corrected chi connectivity index (χ4v) is 1.84. The van der Waals surface area contributed by atoms with E-state index in [1.54, 1.807) is 0 Å². The zero-order chi connectivity index (χ0) is 11.6. The van der Waals surface area contributed by atoms with Crippen LogP contribution in [0.15, 0.2) is 0 Å². The molecule has 0 saturated heterocycles. The first-order valence-electron chi connectivity index (χ1n) is 5.61. The van der Waals surface area contributed by atoms with Crippen LogP contribution in [-0.4, -0.2) is 16.0 Å². The van der Waals surface area contributed by atoms with E-state index < -0.39 is 0 Å². The largest absolute Gasteiger partial charge is 0.293 e. The summed E-state index contributed by atoms with van der Waals surface area (Å²) in [5.41, 5.74) is 2.48. The van der Waals surface area contributed by atoms with Crippen molar-refractivity contribution in [2.75, 3.05) is 0 Å². The van der Waals surface area contributed by atoms with Crippen LogP contribution in [0, 0.1) is 12.3 Å². The van der Waals surface area contributed by atoms with Crippen LogP contribution in [0.5, 0.6) is 0 Å². The number of fused-ring (bicyclic) bond motifs is 1. The van der Waals surface area contributed by atoms with Crippen molar-refractivity contribution in [2.45, 2.75) is 47.5 Å². The van der Waals surface area contributed by atoms with Crippen LogP contribution >= 0.6 is 0 Å². The summed E-state index contributed by atoms with van der Waals surface area (Å²) in [5.74, 6) is 0.236. The maximum Gasteiger partial charge on any atom is 0.172 e. The van der Waals surface area contributed by atoms with Crippen LogP contribution in [0.4, 0.5) is 0 Å². The normalized spacial score (nSPS) is 17.8. The Bertz CT molecular complexity index is 364. The molecule has 0 aliphatic heterocycles. The lowest BCUT2D eigenvalue weighted by Gasteiger charge is -2.27. The van der Waals surface area contributed by atoms with Gasteiger partial charge in [-0.1, -0.05) is 27.7 Å². The molecule has 0 radical (unpaired) electrons. The Morgan fingerprint density at radius 2 is 1.93 bits per heavy atom. The first-order chi connectivity index (χ1) is 7.02. The van der Waals surface area contributed by atoms with Crippen molar-refractivity contribution in [3.8, 4) is 0 Å². The predicted molar refractivity (Wildman–Crippen MR) is 61.1 cm³/mol. The van der Waals surface area contributed by atoms with Crippen molar-refractivity contribution in [1.29, 1.82) is 0 Å². The smallest absolute Gasteiger partial charge is 0.172 e. The monoisotopic (exact) mass is 208 g/mol. The minimum atomic E-state index is -0.207. The molecule has 15 heavy (non-hydrogen) atoms. The number of nitrogens with one attached hydrogen (secondary N) is 1. The highest BCUT2D eigenvalue weighted by atomic mass is 16.1. The quantitative estimate of drug-likeness (QED) is 0.712. The zero-order valence-electron chi connectivity index (χ0n) is 10.3. The molecule has 1 aliphatic rings. The molecule has 0 spiro atoms. The lowest BCUT2D eigenvalue weighted by Crippen LogP contribution is -2.30. The second-order valence-electron chi connectivity index (χ2n) is 4.38. The van der Waals surface area contributed by atoms with E-state index in [-0.39, 0.29) is 11.2 Å². The van der Waals surface area contributed by atoms with Gasteiger partial charge in [0.05, 0.1) is 11.3 Å². The molecule has 0 bridgehead atoms. The number of hydrogen-bond acceptors (Lipinski definition) is 2. The van der Waals surface area contributed by atoms with Crippen LogP contribution < -0.4 is 0 Å². The highest BCUT2D eigenvalue weighted by Crippen LogP contribution is 2.34. The number of aryl methyl sites for hydroxylation is 2. The summed E-state index contributed by atoms with van der Waals surface area (Å²) >= 11 is 0. The molecule has 1 aromatic rings. The third-order valence-electron chi connectivity index (χ3n) is 2.85. The molecule has 3 nitrogen and oxygen atoms in total. The summed E-state index contributed by atoms with van der Waals surface area (Å²) in [7, 11) is 0. The summed E-state index contributed by atoms with van der Waals surface area (Å²) in [5, 5.41) is 7.00. The molecule has 1 aromatic heterocycles. The molecule has 1 N–H and O–H groups in total. The van der Waals surface area contributed by atoms with Crippen molar-refractivity contribution in [1.82, 2.24) is 10.2 Å². The van der Waals surface area contributed by atoms with Gasteiger partial charge in [-0.05, 0) is 19.8 Å². The average Bonchev–Trinajstić information content (AvgIpc) is 2.58. The molecule has 0 atom stereocenters. The fourth-order valence-electron chi connectivity index (χ4n) is 1.84. The van der Waals surface area contributed by atoms with Gasteiger partial charge in [0.25, 0.3) is 0 Å². The molecule has 0 fully saturated rings. The van der Waals surface area contributed by atoms with E-state index in [4.69, 9.17) is 0 Å². The molecule has 0 aromatic carbocycles. The average molecular weight is 208 g/mol. The molecular weight excluding hydrogens is 188 g/mol. The van der Waals surface area contributed by atoms with E-state index in [0.717, 1.165) is 29.8 Å². The predicted octanol–water partition coefficient (Wildman–Crippen LogP) is 2.90. The van der Waals surface area contributed by atoms with Crippen LogP contribution in [0.1, 0.15) is 55.9 Å². The Morgan fingerprint density at radius 3 is 2.53 bits per heavy atom. The molecule has 3 heteroatoms. The van der Waals surface area contributed by atoms with Crippen molar-refractivity contribution in [3.63, 3.8) is 0 Å². The van der Waals surface area contributed by atoms with E-state index in [2.05, 4.69) is 10.2 Å². The van der Waals surface area contributed by atoms with E-state index in [9.17, 15) is 4.79 Å². The molecule has 2 rings (SSSR count). The second kappa shape index (κ2) is 4.17. The first kappa shape index (κ1) is 12.0. The Labute approximate surface area is 91.3 Å². The van der Waals surface area contributed by atoms with Gasteiger partial charge in [-0.25, -0.2) is 0 Å². The van der Waals surface area contributed by atoms with Crippen molar-refractivity contribution in [2.24, 2.45) is 5.41 Å². The minimum Gasteiger partial charge on any atom is -0.293 e. The van der Waals surface area contributed by atoms with Gasteiger partial charge < -0.3 is 0 Å². The number of Topliss-reactive ketones (excluding diaryl/α,β-unsaturated/α-hetero) is 1. The Hall–Kier alpha value is -1.12. The van der Waals surface area contributed by atoms with Gasteiger partial charge in [-0.3, -0.25) is 9.89 Å². The summed E-state index contributed by atoms with van der Waals surface area (Å²) < 4.78 is 0. The SMILES string of the molecule is CC.Cc1[nH]nc2c1C(=O)C(C)(C)CC2. The van der Waals surface area contributed by atoms with Crippen LogP contribution in [0.3, 0.4) is 0 Å². The van der Waals surface area contributed by atoms with E-state index in [1.807, 2.05) is 34.6 Å². The number of hydrogen-bond donors (Lipinski definition) is 1. The van der Waals surface area contributed by atoms with Crippen LogP contribution in [0.25, 0.3) is 0 Å². The Kier molecular flexibility index (Phi) is 3.32. The number of aromatic amines is 1. The number of nitrogens with zero attached hydrogens (tertiary/aromatic N) is 1. The van der Waals surface area contributed by atoms with Gasteiger partial charge >= 0.3 is 0 Å². The van der Waals surface area contributed by atoms with Gasteiger partial charge in [0, 0.05) is 11.1 Å². The van der Waals surface area contributed by atoms with E-state index >= 15 is 0 Å². The summed E-state index contributed by atoms with van der Waals surface area (Å²) in [4.78, 5) is 12.0. The molecule has 84 valence electrons. The lowest BCUT2D eigenvalue weighted by atomic mass is 9.75. The molecular formula is C12H20N2O. The van der Waals surface area contributed by atoms with Gasteiger partial charge in [0.1, 0.15) is 0 Å². The van der Waals surface area contributed by atoms with Crippen LogP contribution in [-0.2, 0) is 6.42 Å². The minimum absolute atomic E-state index is 0.207. The number of carbonyl (C=O) groups is 1. The highest BCUT2D eigenvalue weighted by Gasteiger charge is 2.36. The topological polar surface area (TPSA) is 45.8 Å². The molecule has 0 saturated carbocycles. The van der Waals surface area contributed by atoms with Crippen molar-refractivity contribution >= 4 is 5.78 Å². The number of H-pyrrole nitrogens is 1. The first-order valence-corrected chi connectivity index (χ1v) is 5.61. The summed E-state index contributed by atoms with van der Waals surface area (Å²) in [6.07, 6.45) is 1.82. The Balaban J connectivity index is 0.000000531. The molecule has 0 amide bonds. The maximum absolute atomic E-state index is 12.0. The number of aromatic nitrogens is 2. The molecule has 1 heterocycles. The zero-order valence-corrected chi connectivity index (χ0v) is 10.3. The van der Waals surface area contributed by atoms with E-state index in [0.29, 0.717) is 0 Å². The number of rotatable bonds is 0. The van der Waals surface area contributed by atoms with Gasteiger partial charge in [-0.2, -0.15) is 5.10 Å². The highest BCUT2D eigenvalue weighted by molar-refractivity contribution is 6.02.